The van der Waals surface area contributed by atoms with Crippen LogP contribution in [-0.2, 0) is 16.0 Å². The molecule has 0 atom stereocenters. The number of amides is 2. The van der Waals surface area contributed by atoms with Crippen LogP contribution in [0.15, 0.2) is 42.6 Å². The van der Waals surface area contributed by atoms with E-state index in [4.69, 9.17) is 4.98 Å². The molecule has 6 heteroatoms. The third kappa shape index (κ3) is 4.85. The van der Waals surface area contributed by atoms with Crippen LogP contribution >= 0.6 is 0 Å². The molecule has 1 fully saturated rings. The summed E-state index contributed by atoms with van der Waals surface area (Å²) in [5, 5.41) is 3.09. The molecule has 0 unspecified atom stereocenters. The van der Waals surface area contributed by atoms with Gasteiger partial charge in [-0.05, 0) is 52.2 Å². The first-order valence-corrected chi connectivity index (χ1v) is 11.4. The van der Waals surface area contributed by atoms with Crippen molar-refractivity contribution in [2.45, 2.75) is 58.9 Å². The Kier molecular flexibility index (Phi) is 6.04. The topological polar surface area (TPSA) is 66.7 Å². The summed E-state index contributed by atoms with van der Waals surface area (Å²) in [4.78, 5) is 32.4. The Balaban J connectivity index is 1.57. The third-order valence-corrected chi connectivity index (χ3v) is 6.05. The zero-order valence-corrected chi connectivity index (χ0v) is 19.4. The number of likely N-dealkylation sites (tertiary alicyclic amines) is 1. The van der Waals surface area contributed by atoms with Gasteiger partial charge in [0.25, 0.3) is 0 Å². The van der Waals surface area contributed by atoms with E-state index in [0.717, 1.165) is 54.1 Å². The molecule has 2 aromatic heterocycles. The molecular formula is C26H32N4O2. The first-order chi connectivity index (χ1) is 15.2. The summed E-state index contributed by atoms with van der Waals surface area (Å²) in [5.74, 6) is -0.000499. The van der Waals surface area contributed by atoms with Gasteiger partial charge in [0, 0.05) is 36.8 Å². The van der Waals surface area contributed by atoms with E-state index in [1.165, 1.54) is 5.56 Å². The third-order valence-electron chi connectivity index (χ3n) is 6.05. The van der Waals surface area contributed by atoms with Gasteiger partial charge < -0.3 is 14.6 Å². The molecule has 1 N–H and O–H groups in total. The van der Waals surface area contributed by atoms with E-state index >= 15 is 0 Å². The SMILES string of the molecule is Cc1ccc(-c2nc3ccc(C)cn3c2CC(=O)NC(C)(C)CC(=O)N2CCCC2)cc1. The van der Waals surface area contributed by atoms with Crippen molar-refractivity contribution in [3.05, 3.63) is 59.4 Å². The number of carbonyl (C=O) groups is 2. The maximum absolute atomic E-state index is 13.1. The number of pyridine rings is 1. The van der Waals surface area contributed by atoms with Crippen molar-refractivity contribution >= 4 is 17.5 Å². The van der Waals surface area contributed by atoms with Crippen LogP contribution in [0.25, 0.3) is 16.9 Å². The summed E-state index contributed by atoms with van der Waals surface area (Å²) in [6.07, 6.45) is 4.64. The van der Waals surface area contributed by atoms with Crippen molar-refractivity contribution in [2.75, 3.05) is 13.1 Å². The van der Waals surface area contributed by atoms with Gasteiger partial charge in [-0.15, -0.1) is 0 Å². The van der Waals surface area contributed by atoms with Crippen molar-refractivity contribution < 1.29 is 9.59 Å². The standard InChI is InChI=1S/C26H32N4O2/c1-18-7-10-20(11-8-18)25-21(30-17-19(2)9-12-22(30)27-25)15-23(31)28-26(3,4)16-24(32)29-13-5-6-14-29/h7-12,17H,5-6,13-16H2,1-4H3,(H,28,31). The molecule has 3 heterocycles. The van der Waals surface area contributed by atoms with Crippen LogP contribution in [0.1, 0.15) is 49.9 Å². The zero-order valence-electron chi connectivity index (χ0n) is 19.4. The molecule has 1 aromatic carbocycles. The lowest BCUT2D eigenvalue weighted by Gasteiger charge is -2.28. The lowest BCUT2D eigenvalue weighted by atomic mass is 9.99. The number of rotatable bonds is 6. The fourth-order valence-corrected chi connectivity index (χ4v) is 4.39. The van der Waals surface area contributed by atoms with Gasteiger partial charge in [0.15, 0.2) is 0 Å². The molecule has 0 aliphatic carbocycles. The molecule has 32 heavy (non-hydrogen) atoms. The molecule has 6 nitrogen and oxygen atoms in total. The van der Waals surface area contributed by atoms with Gasteiger partial charge in [0.2, 0.25) is 11.8 Å². The number of nitrogens with zero attached hydrogens (tertiary/aromatic N) is 3. The first kappa shape index (κ1) is 22.1. The summed E-state index contributed by atoms with van der Waals surface area (Å²) in [6, 6.07) is 12.2. The molecule has 0 saturated carbocycles. The van der Waals surface area contributed by atoms with Crippen LogP contribution < -0.4 is 5.32 Å². The highest BCUT2D eigenvalue weighted by molar-refractivity contribution is 5.84. The second-order valence-electron chi connectivity index (χ2n) is 9.58. The monoisotopic (exact) mass is 432 g/mol. The molecule has 4 rings (SSSR count). The number of fused-ring (bicyclic) bond motifs is 1. The van der Waals surface area contributed by atoms with Crippen molar-refractivity contribution in [2.24, 2.45) is 0 Å². The van der Waals surface area contributed by atoms with E-state index in [2.05, 4.69) is 24.4 Å². The lowest BCUT2D eigenvalue weighted by molar-refractivity contribution is -0.132. The summed E-state index contributed by atoms with van der Waals surface area (Å²) < 4.78 is 2.01. The van der Waals surface area contributed by atoms with E-state index < -0.39 is 5.54 Å². The molecule has 1 aliphatic rings. The van der Waals surface area contributed by atoms with Crippen LogP contribution in [0.3, 0.4) is 0 Å². The fourth-order valence-electron chi connectivity index (χ4n) is 4.39. The smallest absolute Gasteiger partial charge is 0.226 e. The van der Waals surface area contributed by atoms with Crippen LogP contribution in [0, 0.1) is 13.8 Å². The van der Waals surface area contributed by atoms with Gasteiger partial charge in [-0.3, -0.25) is 9.59 Å². The molecule has 1 saturated heterocycles. The minimum absolute atomic E-state index is 0.110. The summed E-state index contributed by atoms with van der Waals surface area (Å²) in [6.45, 7) is 9.56. The highest BCUT2D eigenvalue weighted by Crippen LogP contribution is 2.26. The van der Waals surface area contributed by atoms with Crippen LogP contribution in [0.2, 0.25) is 0 Å². The minimum atomic E-state index is -0.614. The van der Waals surface area contributed by atoms with E-state index in [9.17, 15) is 9.59 Å². The van der Waals surface area contributed by atoms with Gasteiger partial charge in [-0.1, -0.05) is 35.9 Å². The average Bonchev–Trinajstić information content (AvgIpc) is 3.37. The molecule has 3 aromatic rings. The van der Waals surface area contributed by atoms with Crippen molar-refractivity contribution in [3.8, 4) is 11.3 Å². The lowest BCUT2D eigenvalue weighted by Crippen LogP contribution is -2.47. The van der Waals surface area contributed by atoms with Crippen LogP contribution in [-0.4, -0.2) is 44.7 Å². The van der Waals surface area contributed by atoms with Crippen LogP contribution in [0.5, 0.6) is 0 Å². The number of carbonyl (C=O) groups excluding carboxylic acids is 2. The minimum Gasteiger partial charge on any atom is -0.350 e. The molecule has 168 valence electrons. The number of imidazole rings is 1. The molecule has 1 aliphatic heterocycles. The number of aromatic nitrogens is 2. The van der Waals surface area contributed by atoms with Crippen molar-refractivity contribution in [1.82, 2.24) is 19.6 Å². The number of nitrogens with one attached hydrogen (secondary N) is 1. The molecule has 0 spiro atoms. The van der Waals surface area contributed by atoms with Crippen molar-refractivity contribution in [1.29, 1.82) is 0 Å². The second-order valence-corrected chi connectivity index (χ2v) is 9.58. The highest BCUT2D eigenvalue weighted by atomic mass is 16.2. The van der Waals surface area contributed by atoms with Gasteiger partial charge in [0.05, 0.1) is 17.8 Å². The van der Waals surface area contributed by atoms with Gasteiger partial charge in [0.1, 0.15) is 5.65 Å². The normalized spacial score (nSPS) is 14.2. The Bertz CT molecular complexity index is 1140. The highest BCUT2D eigenvalue weighted by Gasteiger charge is 2.29. The number of aryl methyl sites for hydroxylation is 2. The Morgan fingerprint density at radius 2 is 1.66 bits per heavy atom. The van der Waals surface area contributed by atoms with E-state index in [0.29, 0.717) is 6.42 Å². The van der Waals surface area contributed by atoms with E-state index in [1.54, 1.807) is 0 Å². The quantitative estimate of drug-likeness (QED) is 0.639. The average molecular weight is 433 g/mol. The Hall–Kier alpha value is -3.15. The predicted octanol–water partition coefficient (Wildman–Crippen LogP) is 4.07. The number of hydrogen-bond donors (Lipinski definition) is 1. The molecular weight excluding hydrogens is 400 g/mol. The second kappa shape index (κ2) is 8.77. The molecule has 0 bridgehead atoms. The Labute approximate surface area is 189 Å². The molecule has 2 amide bonds. The Morgan fingerprint density at radius 3 is 2.34 bits per heavy atom. The largest absolute Gasteiger partial charge is 0.350 e. The zero-order chi connectivity index (χ0) is 22.9. The van der Waals surface area contributed by atoms with E-state index in [1.807, 2.05) is 60.5 Å². The number of hydrogen-bond acceptors (Lipinski definition) is 3. The first-order valence-electron chi connectivity index (χ1n) is 11.4. The van der Waals surface area contributed by atoms with E-state index in [-0.39, 0.29) is 18.2 Å². The summed E-state index contributed by atoms with van der Waals surface area (Å²) >= 11 is 0. The summed E-state index contributed by atoms with van der Waals surface area (Å²) in [7, 11) is 0. The molecule has 0 radical (unpaired) electrons. The van der Waals surface area contributed by atoms with Crippen molar-refractivity contribution in [3.63, 3.8) is 0 Å². The van der Waals surface area contributed by atoms with Crippen LogP contribution in [0.4, 0.5) is 0 Å². The maximum atomic E-state index is 13.1. The summed E-state index contributed by atoms with van der Waals surface area (Å²) in [5.41, 5.74) is 5.14. The van der Waals surface area contributed by atoms with Gasteiger partial charge in [-0.2, -0.15) is 0 Å². The fraction of sp³-hybridized carbons (Fsp3) is 0.423. The number of benzene rings is 1. The maximum Gasteiger partial charge on any atom is 0.226 e. The van der Waals surface area contributed by atoms with Gasteiger partial charge >= 0.3 is 0 Å². The van der Waals surface area contributed by atoms with Gasteiger partial charge in [-0.25, -0.2) is 4.98 Å². The predicted molar refractivity (Wildman–Crippen MR) is 126 cm³/mol. The Morgan fingerprint density at radius 1 is 1.00 bits per heavy atom.